The average molecular weight is 627 g/mol. The predicted molar refractivity (Wildman–Crippen MR) is 174 cm³/mol. The molecule has 0 saturated heterocycles. The van der Waals surface area contributed by atoms with E-state index in [9.17, 15) is 9.36 Å². The van der Waals surface area contributed by atoms with Gasteiger partial charge in [-0.3, -0.25) is 14.3 Å². The minimum absolute atomic E-state index is 0.218. The van der Waals surface area contributed by atoms with Crippen LogP contribution in [0.5, 0.6) is 5.75 Å². The fourth-order valence-corrected chi connectivity index (χ4v) is 5.84. The molecule has 10 nitrogen and oxygen atoms in total. The van der Waals surface area contributed by atoms with Gasteiger partial charge in [-0.05, 0) is 75.4 Å². The third-order valence-electron chi connectivity index (χ3n) is 6.81. The van der Waals surface area contributed by atoms with E-state index in [1.807, 2.05) is 67.6 Å². The highest BCUT2D eigenvalue weighted by atomic mass is 31.2. The van der Waals surface area contributed by atoms with E-state index in [0.717, 1.165) is 11.3 Å². The Bertz CT molecular complexity index is 1790. The highest BCUT2D eigenvalue weighted by Crippen LogP contribution is 2.50. The van der Waals surface area contributed by atoms with Crippen LogP contribution in [0.1, 0.15) is 41.2 Å². The lowest BCUT2D eigenvalue weighted by Crippen LogP contribution is -2.27. The molecule has 5 aromatic rings. The summed E-state index contributed by atoms with van der Waals surface area (Å²) >= 11 is 0. The number of amides is 1. The Hall–Kier alpha value is -4.76. The lowest BCUT2D eigenvalue weighted by molar-refractivity contribution is 0.0992. The normalized spacial score (nSPS) is 11.6. The summed E-state index contributed by atoms with van der Waals surface area (Å²) in [7, 11) is -1.83. The summed E-state index contributed by atoms with van der Waals surface area (Å²) in [4.78, 5) is 19.6. The average Bonchev–Trinajstić information content (AvgIpc) is 3.67. The van der Waals surface area contributed by atoms with Crippen LogP contribution in [-0.4, -0.2) is 40.9 Å². The second kappa shape index (κ2) is 14.3. The number of oxazole rings is 1. The molecule has 0 radical (unpaired) electrons. The van der Waals surface area contributed by atoms with Crippen LogP contribution in [-0.2, 0) is 20.2 Å². The monoisotopic (exact) mass is 626 g/mol. The van der Waals surface area contributed by atoms with Crippen molar-refractivity contribution in [1.82, 2.24) is 14.8 Å². The summed E-state index contributed by atoms with van der Waals surface area (Å²) in [6, 6.07) is 26.0. The van der Waals surface area contributed by atoms with Crippen LogP contribution < -0.4 is 9.64 Å². The molecule has 1 amide bonds. The third-order valence-corrected chi connectivity index (χ3v) is 8.56. The highest BCUT2D eigenvalue weighted by Gasteiger charge is 2.23. The number of carbonyl (C=O) groups excluding carboxylic acids is 1. The molecular weight excluding hydrogens is 591 g/mol. The van der Waals surface area contributed by atoms with E-state index in [1.165, 1.54) is 10.7 Å². The van der Waals surface area contributed by atoms with E-state index in [-0.39, 0.29) is 25.7 Å². The Morgan fingerprint density at radius 3 is 2.24 bits per heavy atom. The minimum atomic E-state index is -3.48. The van der Waals surface area contributed by atoms with E-state index in [2.05, 4.69) is 4.98 Å². The van der Waals surface area contributed by atoms with Gasteiger partial charge in [-0.25, -0.2) is 9.67 Å². The highest BCUT2D eigenvalue weighted by molar-refractivity contribution is 7.57. The van der Waals surface area contributed by atoms with Gasteiger partial charge in [-0.1, -0.05) is 36.4 Å². The number of carbonyl (C=O) groups is 1. The SMILES string of the molecule is CCOP(=O)(/C=C/c1cn(-c2ccccc2)nc1N(C)C(=O)c1ccc(OCc2nc(-c3ccccc3)oc2C)cc1)OCC. The molecule has 0 fully saturated rings. The summed E-state index contributed by atoms with van der Waals surface area (Å²) in [5.74, 6) is 3.29. The fraction of sp³-hybridized carbons (Fsp3) is 0.206. The first-order valence-electron chi connectivity index (χ1n) is 14.6. The molecule has 45 heavy (non-hydrogen) atoms. The summed E-state index contributed by atoms with van der Waals surface area (Å²) in [5.41, 5.74) is 3.39. The van der Waals surface area contributed by atoms with Gasteiger partial charge < -0.3 is 18.2 Å². The molecule has 0 N–H and O–H groups in total. The van der Waals surface area contributed by atoms with Crippen molar-refractivity contribution in [3.63, 3.8) is 0 Å². The lowest BCUT2D eigenvalue weighted by atomic mass is 10.2. The second-order valence-electron chi connectivity index (χ2n) is 9.94. The first-order chi connectivity index (χ1) is 21.8. The van der Waals surface area contributed by atoms with Crippen molar-refractivity contribution in [3.05, 3.63) is 120 Å². The molecule has 0 saturated carbocycles. The number of anilines is 1. The van der Waals surface area contributed by atoms with Crippen molar-refractivity contribution in [1.29, 1.82) is 0 Å². The van der Waals surface area contributed by atoms with Crippen LogP contribution in [0.25, 0.3) is 23.2 Å². The van der Waals surface area contributed by atoms with Crippen molar-refractivity contribution in [2.45, 2.75) is 27.4 Å². The maximum Gasteiger partial charge on any atom is 0.354 e. The van der Waals surface area contributed by atoms with Crippen LogP contribution in [0.4, 0.5) is 5.82 Å². The maximum atomic E-state index is 13.6. The smallest absolute Gasteiger partial charge is 0.354 e. The Morgan fingerprint density at radius 1 is 0.956 bits per heavy atom. The van der Waals surface area contributed by atoms with Crippen LogP contribution in [0.15, 0.2) is 101 Å². The van der Waals surface area contributed by atoms with Gasteiger partial charge in [-0.2, -0.15) is 0 Å². The minimum Gasteiger partial charge on any atom is -0.487 e. The standard InChI is InChI=1S/C34H35N4O6P/c1-5-42-45(40,43-6-2)22-21-28-23-38(29-15-11-8-12-16-29)36-32(28)37(4)34(39)27-17-19-30(20-18-27)41-24-31-25(3)44-33(35-31)26-13-9-7-10-14-26/h7-23H,5-6,24H2,1-4H3/b22-21+. The zero-order valence-corrected chi connectivity index (χ0v) is 26.5. The first-order valence-corrected chi connectivity index (χ1v) is 16.2. The molecule has 5 rings (SSSR count). The van der Waals surface area contributed by atoms with Gasteiger partial charge in [0.05, 0.1) is 18.9 Å². The van der Waals surface area contributed by atoms with Crippen molar-refractivity contribution in [3.8, 4) is 22.9 Å². The van der Waals surface area contributed by atoms with Crippen LogP contribution in [0, 0.1) is 6.92 Å². The first kappa shape index (κ1) is 31.7. The Balaban J connectivity index is 1.33. The van der Waals surface area contributed by atoms with E-state index in [1.54, 1.807) is 62.1 Å². The summed E-state index contributed by atoms with van der Waals surface area (Å²) in [6.07, 6.45) is 3.38. The maximum absolute atomic E-state index is 13.6. The number of aromatic nitrogens is 3. The number of nitrogens with zero attached hydrogens (tertiary/aromatic N) is 4. The summed E-state index contributed by atoms with van der Waals surface area (Å²) < 4.78 is 37.4. The van der Waals surface area contributed by atoms with E-state index < -0.39 is 7.60 Å². The van der Waals surface area contributed by atoms with Gasteiger partial charge in [-0.15, -0.1) is 5.10 Å². The number of aryl methyl sites for hydroxylation is 1. The molecule has 0 atom stereocenters. The van der Waals surface area contributed by atoms with Crippen LogP contribution in [0.3, 0.4) is 0 Å². The molecule has 232 valence electrons. The van der Waals surface area contributed by atoms with E-state index in [4.69, 9.17) is 23.3 Å². The number of rotatable bonds is 13. The largest absolute Gasteiger partial charge is 0.487 e. The Morgan fingerprint density at radius 2 is 1.60 bits per heavy atom. The van der Waals surface area contributed by atoms with Gasteiger partial charge in [0.15, 0.2) is 5.82 Å². The van der Waals surface area contributed by atoms with Crippen molar-refractivity contribution in [2.24, 2.45) is 0 Å². The number of ether oxygens (including phenoxy) is 1. The molecule has 2 aromatic heterocycles. The van der Waals surface area contributed by atoms with E-state index >= 15 is 0 Å². The zero-order valence-electron chi connectivity index (χ0n) is 25.6. The topological polar surface area (TPSA) is 109 Å². The molecule has 0 aliphatic carbocycles. The Labute approximate surface area is 262 Å². The van der Waals surface area contributed by atoms with Crippen molar-refractivity contribution >= 4 is 25.4 Å². The molecular formula is C34H35N4O6P. The molecule has 0 bridgehead atoms. The van der Waals surface area contributed by atoms with Crippen molar-refractivity contribution in [2.75, 3.05) is 25.2 Å². The molecule has 2 heterocycles. The molecule has 0 aliphatic heterocycles. The fourth-order valence-electron chi connectivity index (χ4n) is 4.53. The lowest BCUT2D eigenvalue weighted by Gasteiger charge is -2.16. The molecule has 0 unspecified atom stereocenters. The molecule has 0 aliphatic rings. The number of hydrogen-bond donors (Lipinski definition) is 0. The van der Waals surface area contributed by atoms with Crippen LogP contribution in [0.2, 0.25) is 0 Å². The molecule has 3 aromatic carbocycles. The van der Waals surface area contributed by atoms with Gasteiger partial charge in [0, 0.05) is 35.8 Å². The van der Waals surface area contributed by atoms with Gasteiger partial charge in [0.1, 0.15) is 23.8 Å². The van der Waals surface area contributed by atoms with Crippen molar-refractivity contribution < 1.29 is 27.6 Å². The number of para-hydroxylation sites is 1. The van der Waals surface area contributed by atoms with Crippen LogP contribution >= 0.6 is 7.60 Å². The number of benzene rings is 3. The predicted octanol–water partition coefficient (Wildman–Crippen LogP) is 7.93. The number of hydrogen-bond acceptors (Lipinski definition) is 8. The van der Waals surface area contributed by atoms with Gasteiger partial charge >= 0.3 is 7.60 Å². The molecule has 0 spiro atoms. The van der Waals surface area contributed by atoms with E-state index in [0.29, 0.717) is 40.0 Å². The van der Waals surface area contributed by atoms with Gasteiger partial charge in [0.25, 0.3) is 5.91 Å². The quantitative estimate of drug-likeness (QED) is 0.121. The Kier molecular flexibility index (Phi) is 10.1. The molecule has 11 heteroatoms. The van der Waals surface area contributed by atoms with Gasteiger partial charge in [0.2, 0.25) is 5.89 Å². The third kappa shape index (κ3) is 7.67. The summed E-state index contributed by atoms with van der Waals surface area (Å²) in [5, 5.41) is 4.69. The zero-order chi connectivity index (χ0) is 31.8. The second-order valence-corrected chi connectivity index (χ2v) is 11.8. The summed E-state index contributed by atoms with van der Waals surface area (Å²) in [6.45, 7) is 6.02.